The van der Waals surface area contributed by atoms with Gasteiger partial charge in [-0.3, -0.25) is 4.79 Å². The Balaban J connectivity index is 1.77. The molecule has 1 heterocycles. The number of rotatable bonds is 8. The van der Waals surface area contributed by atoms with Crippen LogP contribution in [0.1, 0.15) is 36.0 Å². The van der Waals surface area contributed by atoms with Gasteiger partial charge in [-0.2, -0.15) is 0 Å². The molecule has 0 aliphatic rings. The van der Waals surface area contributed by atoms with E-state index in [1.54, 1.807) is 11.3 Å². The number of nitrogens with zero attached hydrogens (tertiary/aromatic N) is 1. The van der Waals surface area contributed by atoms with Gasteiger partial charge in [-0.05, 0) is 17.7 Å². The Bertz CT molecular complexity index is 608. The number of ether oxygens (including phenoxy) is 1. The van der Waals surface area contributed by atoms with Crippen LogP contribution in [-0.2, 0) is 17.9 Å². The SMILES string of the molecule is CC(C)c1nc(CNCc2ccc(OCC(N)=O)cc2)cs1. The van der Waals surface area contributed by atoms with Crippen molar-refractivity contribution in [2.75, 3.05) is 6.61 Å². The first kappa shape index (κ1) is 16.5. The molecule has 3 N–H and O–H groups in total. The van der Waals surface area contributed by atoms with Crippen LogP contribution in [0.4, 0.5) is 0 Å². The number of amides is 1. The summed E-state index contributed by atoms with van der Waals surface area (Å²) >= 11 is 1.71. The summed E-state index contributed by atoms with van der Waals surface area (Å²) < 4.78 is 5.22. The Kier molecular flexibility index (Phi) is 5.91. The largest absolute Gasteiger partial charge is 0.484 e. The molecule has 2 aromatic rings. The number of nitrogens with two attached hydrogens (primary N) is 1. The van der Waals surface area contributed by atoms with E-state index in [1.165, 1.54) is 5.01 Å². The van der Waals surface area contributed by atoms with Crippen molar-refractivity contribution in [1.82, 2.24) is 10.3 Å². The number of carbonyl (C=O) groups is 1. The summed E-state index contributed by atoms with van der Waals surface area (Å²) in [7, 11) is 0. The molecular formula is C16H21N3O2S. The molecule has 1 aromatic carbocycles. The first-order chi connectivity index (χ1) is 10.5. The summed E-state index contributed by atoms with van der Waals surface area (Å²) in [5.41, 5.74) is 7.26. The minimum absolute atomic E-state index is 0.0976. The van der Waals surface area contributed by atoms with Crippen LogP contribution in [-0.4, -0.2) is 17.5 Å². The molecule has 0 fully saturated rings. The molecule has 1 amide bonds. The number of primary amides is 1. The van der Waals surface area contributed by atoms with Crippen LogP contribution in [0.15, 0.2) is 29.6 Å². The van der Waals surface area contributed by atoms with Gasteiger partial charge in [0.15, 0.2) is 6.61 Å². The second-order valence-electron chi connectivity index (χ2n) is 5.33. The number of hydrogen-bond donors (Lipinski definition) is 2. The van der Waals surface area contributed by atoms with Gasteiger partial charge in [0.25, 0.3) is 5.91 Å². The normalized spacial score (nSPS) is 10.9. The molecule has 118 valence electrons. The summed E-state index contributed by atoms with van der Waals surface area (Å²) in [5, 5.41) is 6.64. The van der Waals surface area contributed by atoms with Gasteiger partial charge in [-0.1, -0.05) is 26.0 Å². The summed E-state index contributed by atoms with van der Waals surface area (Å²) in [5.74, 6) is 0.644. The van der Waals surface area contributed by atoms with Crippen molar-refractivity contribution in [3.05, 3.63) is 45.9 Å². The van der Waals surface area contributed by atoms with Crippen molar-refractivity contribution in [1.29, 1.82) is 0 Å². The van der Waals surface area contributed by atoms with Crippen molar-refractivity contribution in [2.24, 2.45) is 5.73 Å². The predicted octanol–water partition coefficient (Wildman–Crippen LogP) is 2.42. The zero-order valence-electron chi connectivity index (χ0n) is 12.8. The molecule has 0 spiro atoms. The van der Waals surface area contributed by atoms with Gasteiger partial charge in [-0.15, -0.1) is 11.3 Å². The standard InChI is InChI=1S/C16H21N3O2S/c1-11(2)16-19-13(10-22-16)8-18-7-12-3-5-14(6-4-12)21-9-15(17)20/h3-6,10-11,18H,7-9H2,1-2H3,(H2,17,20). The second-order valence-corrected chi connectivity index (χ2v) is 6.22. The first-order valence-electron chi connectivity index (χ1n) is 7.19. The van der Waals surface area contributed by atoms with E-state index in [4.69, 9.17) is 10.5 Å². The van der Waals surface area contributed by atoms with E-state index in [0.29, 0.717) is 11.7 Å². The summed E-state index contributed by atoms with van der Waals surface area (Å²) in [4.78, 5) is 15.2. The maximum absolute atomic E-state index is 10.6. The maximum Gasteiger partial charge on any atom is 0.255 e. The highest BCUT2D eigenvalue weighted by molar-refractivity contribution is 7.09. The number of carbonyl (C=O) groups excluding carboxylic acids is 1. The topological polar surface area (TPSA) is 77.2 Å². The van der Waals surface area contributed by atoms with Gasteiger partial charge in [0.1, 0.15) is 5.75 Å². The van der Waals surface area contributed by atoms with E-state index in [-0.39, 0.29) is 6.61 Å². The molecule has 0 bridgehead atoms. The third-order valence-electron chi connectivity index (χ3n) is 3.00. The quantitative estimate of drug-likeness (QED) is 0.783. The van der Waals surface area contributed by atoms with Crippen LogP contribution in [0.5, 0.6) is 5.75 Å². The van der Waals surface area contributed by atoms with Crippen LogP contribution >= 0.6 is 11.3 Å². The van der Waals surface area contributed by atoms with Gasteiger partial charge in [0, 0.05) is 24.4 Å². The van der Waals surface area contributed by atoms with Crippen molar-refractivity contribution in [3.63, 3.8) is 0 Å². The van der Waals surface area contributed by atoms with Gasteiger partial charge in [0.2, 0.25) is 0 Å². The van der Waals surface area contributed by atoms with Crippen LogP contribution in [0.2, 0.25) is 0 Å². The van der Waals surface area contributed by atoms with Crippen molar-refractivity contribution in [2.45, 2.75) is 32.9 Å². The van der Waals surface area contributed by atoms with E-state index in [0.717, 1.165) is 24.3 Å². The smallest absolute Gasteiger partial charge is 0.255 e. The number of hydrogen-bond acceptors (Lipinski definition) is 5. The average Bonchev–Trinajstić information content (AvgIpc) is 2.95. The Morgan fingerprint density at radius 2 is 2.05 bits per heavy atom. The zero-order chi connectivity index (χ0) is 15.9. The number of thiazole rings is 1. The van der Waals surface area contributed by atoms with Gasteiger partial charge >= 0.3 is 0 Å². The van der Waals surface area contributed by atoms with E-state index >= 15 is 0 Å². The molecule has 0 unspecified atom stereocenters. The van der Waals surface area contributed by atoms with Gasteiger partial charge in [-0.25, -0.2) is 4.98 Å². The first-order valence-corrected chi connectivity index (χ1v) is 8.07. The second kappa shape index (κ2) is 7.91. The number of benzene rings is 1. The molecule has 2 rings (SSSR count). The number of nitrogens with one attached hydrogen (secondary N) is 1. The highest BCUT2D eigenvalue weighted by Gasteiger charge is 2.05. The third kappa shape index (κ3) is 5.13. The fourth-order valence-corrected chi connectivity index (χ4v) is 2.70. The summed E-state index contributed by atoms with van der Waals surface area (Å²) in [6, 6.07) is 7.59. The van der Waals surface area contributed by atoms with Crippen molar-refractivity contribution >= 4 is 17.2 Å². The lowest BCUT2D eigenvalue weighted by Crippen LogP contribution is -2.20. The van der Waals surface area contributed by atoms with E-state index in [9.17, 15) is 4.79 Å². The molecular weight excluding hydrogens is 298 g/mol. The highest BCUT2D eigenvalue weighted by atomic mass is 32.1. The molecule has 1 aromatic heterocycles. The molecule has 0 aliphatic carbocycles. The summed E-state index contributed by atoms with van der Waals surface area (Å²) in [6.45, 7) is 5.71. The van der Waals surface area contributed by atoms with Gasteiger partial charge in [0.05, 0.1) is 10.7 Å². The fourth-order valence-electron chi connectivity index (χ4n) is 1.86. The Labute approximate surface area is 134 Å². The lowest BCUT2D eigenvalue weighted by molar-refractivity contribution is -0.119. The molecule has 0 atom stereocenters. The molecule has 22 heavy (non-hydrogen) atoms. The average molecular weight is 319 g/mol. The Morgan fingerprint density at radius 3 is 2.64 bits per heavy atom. The Hall–Kier alpha value is -1.92. The predicted molar refractivity (Wildman–Crippen MR) is 87.9 cm³/mol. The van der Waals surface area contributed by atoms with E-state index in [2.05, 4.69) is 29.5 Å². The monoisotopic (exact) mass is 319 g/mol. The minimum Gasteiger partial charge on any atom is -0.484 e. The maximum atomic E-state index is 10.6. The zero-order valence-corrected chi connectivity index (χ0v) is 13.7. The van der Waals surface area contributed by atoms with Crippen LogP contribution < -0.4 is 15.8 Å². The molecule has 0 aliphatic heterocycles. The lowest BCUT2D eigenvalue weighted by Gasteiger charge is -2.06. The van der Waals surface area contributed by atoms with Crippen LogP contribution in [0.3, 0.4) is 0 Å². The van der Waals surface area contributed by atoms with Gasteiger partial charge < -0.3 is 15.8 Å². The molecule has 5 nitrogen and oxygen atoms in total. The molecule has 0 saturated heterocycles. The molecule has 0 saturated carbocycles. The molecule has 6 heteroatoms. The van der Waals surface area contributed by atoms with Crippen LogP contribution in [0.25, 0.3) is 0 Å². The van der Waals surface area contributed by atoms with Crippen molar-refractivity contribution in [3.8, 4) is 5.75 Å². The third-order valence-corrected chi connectivity index (χ3v) is 4.20. The number of aromatic nitrogens is 1. The van der Waals surface area contributed by atoms with E-state index < -0.39 is 5.91 Å². The highest BCUT2D eigenvalue weighted by Crippen LogP contribution is 2.19. The molecule has 0 radical (unpaired) electrons. The summed E-state index contributed by atoms with van der Waals surface area (Å²) in [6.07, 6.45) is 0. The van der Waals surface area contributed by atoms with E-state index in [1.807, 2.05) is 24.3 Å². The fraction of sp³-hybridized carbons (Fsp3) is 0.375. The van der Waals surface area contributed by atoms with Crippen molar-refractivity contribution < 1.29 is 9.53 Å². The minimum atomic E-state index is -0.477. The lowest BCUT2D eigenvalue weighted by atomic mass is 10.2. The Morgan fingerprint density at radius 1 is 1.32 bits per heavy atom. The van der Waals surface area contributed by atoms with Crippen LogP contribution in [0, 0.1) is 0 Å².